The van der Waals surface area contributed by atoms with Crippen molar-refractivity contribution in [2.75, 3.05) is 40.5 Å². The number of carbonyl (C=O) groups is 2. The summed E-state index contributed by atoms with van der Waals surface area (Å²) in [5.74, 6) is 1.23. The summed E-state index contributed by atoms with van der Waals surface area (Å²) >= 11 is 0. The number of amides is 1. The summed E-state index contributed by atoms with van der Waals surface area (Å²) in [5.41, 5.74) is 1.85. The molecular formula is C25H33NO7. The zero-order chi connectivity index (χ0) is 24.1. The van der Waals surface area contributed by atoms with Gasteiger partial charge in [0.2, 0.25) is 5.75 Å². The highest BCUT2D eigenvalue weighted by Crippen LogP contribution is 2.40. The monoisotopic (exact) mass is 459 g/mol. The van der Waals surface area contributed by atoms with Gasteiger partial charge in [0.15, 0.2) is 11.5 Å². The SMILES string of the molecule is CCOC(=O)CCN(CCc1ccc(OC)c(OCc2ccccc2)c1OC)C(=O)OCC. The van der Waals surface area contributed by atoms with Gasteiger partial charge in [-0.2, -0.15) is 0 Å². The van der Waals surface area contributed by atoms with E-state index in [-0.39, 0.29) is 25.5 Å². The average Bonchev–Trinajstić information content (AvgIpc) is 2.83. The van der Waals surface area contributed by atoms with Crippen LogP contribution in [0.25, 0.3) is 0 Å². The van der Waals surface area contributed by atoms with Gasteiger partial charge in [-0.3, -0.25) is 4.79 Å². The molecule has 8 nitrogen and oxygen atoms in total. The molecule has 0 saturated carbocycles. The molecule has 0 heterocycles. The van der Waals surface area contributed by atoms with Gasteiger partial charge in [-0.1, -0.05) is 36.4 Å². The lowest BCUT2D eigenvalue weighted by molar-refractivity contribution is -0.143. The van der Waals surface area contributed by atoms with Crippen molar-refractivity contribution in [3.05, 3.63) is 53.6 Å². The highest BCUT2D eigenvalue weighted by molar-refractivity contribution is 5.72. The lowest BCUT2D eigenvalue weighted by Crippen LogP contribution is -2.35. The van der Waals surface area contributed by atoms with E-state index in [1.165, 1.54) is 4.90 Å². The van der Waals surface area contributed by atoms with E-state index < -0.39 is 6.09 Å². The minimum atomic E-state index is -0.477. The maximum absolute atomic E-state index is 12.4. The zero-order valence-corrected chi connectivity index (χ0v) is 19.8. The molecule has 2 aromatic carbocycles. The van der Waals surface area contributed by atoms with E-state index in [0.717, 1.165) is 11.1 Å². The van der Waals surface area contributed by atoms with Crippen LogP contribution in [0, 0.1) is 0 Å². The number of carbonyl (C=O) groups excluding carboxylic acids is 2. The van der Waals surface area contributed by atoms with Gasteiger partial charge in [0, 0.05) is 18.7 Å². The van der Waals surface area contributed by atoms with Crippen molar-refractivity contribution >= 4 is 12.1 Å². The first-order chi connectivity index (χ1) is 16.0. The largest absolute Gasteiger partial charge is 0.493 e. The number of rotatable bonds is 13. The molecule has 0 aliphatic rings. The number of hydrogen-bond donors (Lipinski definition) is 0. The number of benzene rings is 2. The molecule has 0 spiro atoms. The first-order valence-corrected chi connectivity index (χ1v) is 11.0. The van der Waals surface area contributed by atoms with Gasteiger partial charge in [-0.05, 0) is 31.9 Å². The van der Waals surface area contributed by atoms with Gasteiger partial charge in [0.25, 0.3) is 0 Å². The van der Waals surface area contributed by atoms with E-state index in [1.54, 1.807) is 28.1 Å². The normalized spacial score (nSPS) is 10.3. The van der Waals surface area contributed by atoms with Gasteiger partial charge in [0.1, 0.15) is 6.61 Å². The summed E-state index contributed by atoms with van der Waals surface area (Å²) in [6.07, 6.45) is 0.0868. The van der Waals surface area contributed by atoms with Crippen LogP contribution in [0.5, 0.6) is 17.2 Å². The van der Waals surface area contributed by atoms with Gasteiger partial charge >= 0.3 is 12.1 Å². The molecular weight excluding hydrogens is 426 g/mol. The third-order valence-electron chi connectivity index (χ3n) is 4.88. The van der Waals surface area contributed by atoms with E-state index in [9.17, 15) is 9.59 Å². The molecule has 0 bridgehead atoms. The Hall–Kier alpha value is -3.42. The highest BCUT2D eigenvalue weighted by atomic mass is 16.6. The standard InChI is InChI=1S/C25H33NO7/c1-5-31-22(27)15-17-26(25(28)32-6-2)16-14-20-12-13-21(29-3)24(23(20)30-4)33-18-19-10-8-7-9-11-19/h7-13H,5-6,14-18H2,1-4H3. The second kappa shape index (κ2) is 13.9. The third kappa shape index (κ3) is 7.89. The van der Waals surface area contributed by atoms with Crippen LogP contribution in [0.4, 0.5) is 4.79 Å². The van der Waals surface area contributed by atoms with Crippen molar-refractivity contribution in [1.29, 1.82) is 0 Å². The number of methoxy groups -OCH3 is 2. The van der Waals surface area contributed by atoms with Crippen LogP contribution in [0.2, 0.25) is 0 Å². The summed E-state index contributed by atoms with van der Waals surface area (Å²) in [6, 6.07) is 13.5. The molecule has 0 aromatic heterocycles. The Morgan fingerprint density at radius 1 is 0.848 bits per heavy atom. The lowest BCUT2D eigenvalue weighted by Gasteiger charge is -2.23. The van der Waals surface area contributed by atoms with Crippen LogP contribution < -0.4 is 14.2 Å². The van der Waals surface area contributed by atoms with Crippen molar-refractivity contribution in [2.45, 2.75) is 33.3 Å². The Labute approximate surface area is 195 Å². The molecule has 1 amide bonds. The Balaban J connectivity index is 2.17. The predicted molar refractivity (Wildman–Crippen MR) is 124 cm³/mol. The Bertz CT molecular complexity index is 886. The quantitative estimate of drug-likeness (QED) is 0.414. The fourth-order valence-corrected chi connectivity index (χ4v) is 3.26. The molecule has 180 valence electrons. The second-order valence-electron chi connectivity index (χ2n) is 7.05. The first-order valence-electron chi connectivity index (χ1n) is 11.0. The number of ether oxygens (including phenoxy) is 5. The molecule has 0 aliphatic heterocycles. The molecule has 0 fully saturated rings. The predicted octanol–water partition coefficient (Wildman–Crippen LogP) is 4.24. The zero-order valence-electron chi connectivity index (χ0n) is 19.8. The minimum absolute atomic E-state index is 0.0951. The fourth-order valence-electron chi connectivity index (χ4n) is 3.26. The molecule has 2 aromatic rings. The van der Waals surface area contributed by atoms with Crippen LogP contribution in [0.1, 0.15) is 31.4 Å². The van der Waals surface area contributed by atoms with Crippen molar-refractivity contribution in [1.82, 2.24) is 4.90 Å². The summed E-state index contributed by atoms with van der Waals surface area (Å²) in [4.78, 5) is 25.6. The maximum Gasteiger partial charge on any atom is 0.409 e. The number of esters is 1. The van der Waals surface area contributed by atoms with Crippen molar-refractivity contribution in [2.24, 2.45) is 0 Å². The molecule has 0 radical (unpaired) electrons. The smallest absolute Gasteiger partial charge is 0.409 e. The first kappa shape index (κ1) is 25.8. The molecule has 0 saturated heterocycles. The van der Waals surface area contributed by atoms with Crippen molar-refractivity contribution < 1.29 is 33.3 Å². The second-order valence-corrected chi connectivity index (χ2v) is 7.05. The van der Waals surface area contributed by atoms with Crippen LogP contribution in [-0.4, -0.2) is 57.5 Å². The lowest BCUT2D eigenvalue weighted by atomic mass is 10.1. The van der Waals surface area contributed by atoms with Crippen LogP contribution in [0.3, 0.4) is 0 Å². The topological polar surface area (TPSA) is 83.5 Å². The summed E-state index contributed by atoms with van der Waals surface area (Å²) in [5, 5.41) is 0. The van der Waals surface area contributed by atoms with Crippen molar-refractivity contribution in [3.8, 4) is 17.2 Å². The highest BCUT2D eigenvalue weighted by Gasteiger charge is 2.20. The summed E-state index contributed by atoms with van der Waals surface area (Å²) in [6.45, 7) is 4.92. The summed E-state index contributed by atoms with van der Waals surface area (Å²) < 4.78 is 27.3. The minimum Gasteiger partial charge on any atom is -0.493 e. The van der Waals surface area contributed by atoms with Gasteiger partial charge < -0.3 is 28.6 Å². The van der Waals surface area contributed by atoms with Gasteiger partial charge in [0.05, 0.1) is 33.9 Å². The molecule has 0 aliphatic carbocycles. The van der Waals surface area contributed by atoms with Crippen LogP contribution in [-0.2, 0) is 27.3 Å². The third-order valence-corrected chi connectivity index (χ3v) is 4.88. The summed E-state index contributed by atoms with van der Waals surface area (Å²) in [7, 11) is 3.14. The Morgan fingerprint density at radius 2 is 1.58 bits per heavy atom. The Morgan fingerprint density at radius 3 is 2.21 bits per heavy atom. The fraction of sp³-hybridized carbons (Fsp3) is 0.440. The van der Waals surface area contributed by atoms with E-state index in [4.69, 9.17) is 23.7 Å². The molecule has 8 heteroatoms. The molecule has 33 heavy (non-hydrogen) atoms. The average molecular weight is 460 g/mol. The number of hydrogen-bond acceptors (Lipinski definition) is 7. The van der Waals surface area contributed by atoms with Gasteiger partial charge in [-0.25, -0.2) is 4.79 Å². The van der Waals surface area contributed by atoms with E-state index in [1.807, 2.05) is 42.5 Å². The molecule has 2 rings (SSSR count). The van der Waals surface area contributed by atoms with E-state index >= 15 is 0 Å². The van der Waals surface area contributed by atoms with E-state index in [2.05, 4.69) is 0 Å². The van der Waals surface area contributed by atoms with Crippen LogP contribution >= 0.6 is 0 Å². The van der Waals surface area contributed by atoms with Crippen LogP contribution in [0.15, 0.2) is 42.5 Å². The number of nitrogens with zero attached hydrogens (tertiary/aromatic N) is 1. The molecule has 0 N–H and O–H groups in total. The van der Waals surface area contributed by atoms with Crippen molar-refractivity contribution in [3.63, 3.8) is 0 Å². The Kier molecular flexibility index (Phi) is 10.9. The van der Waals surface area contributed by atoms with Gasteiger partial charge in [-0.15, -0.1) is 0 Å². The maximum atomic E-state index is 12.4. The molecule has 0 unspecified atom stereocenters. The molecule has 0 atom stereocenters. The van der Waals surface area contributed by atoms with E-state index in [0.29, 0.717) is 43.4 Å².